The number of aliphatic hydroxyl groups excluding tert-OH is 1. The third kappa shape index (κ3) is 3.32. The standard InChI is InChI=1S/C20H19NO4/c1-3-25-20(23)18(22)16-11-12-17(21-19(16)24-2)15-10-6-8-13-7-4-5-9-14(13)15/h4-12,18,22H,3H2,1-2H3. The van der Waals surface area contributed by atoms with Crippen molar-refractivity contribution < 1.29 is 19.4 Å². The van der Waals surface area contributed by atoms with Gasteiger partial charge < -0.3 is 14.6 Å². The maximum Gasteiger partial charge on any atom is 0.339 e. The average molecular weight is 337 g/mol. The Bertz CT molecular complexity index is 902. The van der Waals surface area contributed by atoms with Crippen molar-refractivity contribution in [2.45, 2.75) is 13.0 Å². The quantitative estimate of drug-likeness (QED) is 0.722. The Morgan fingerprint density at radius 1 is 1.12 bits per heavy atom. The first-order valence-corrected chi connectivity index (χ1v) is 8.03. The van der Waals surface area contributed by atoms with Crippen molar-refractivity contribution in [2.24, 2.45) is 0 Å². The summed E-state index contributed by atoms with van der Waals surface area (Å²) in [7, 11) is 1.45. The number of aliphatic hydroxyl groups is 1. The Kier molecular flexibility index (Phi) is 4.95. The number of methoxy groups -OCH3 is 1. The molecule has 3 rings (SSSR count). The van der Waals surface area contributed by atoms with Gasteiger partial charge in [0, 0.05) is 5.56 Å². The van der Waals surface area contributed by atoms with Crippen LogP contribution in [0, 0.1) is 0 Å². The lowest BCUT2D eigenvalue weighted by molar-refractivity contribution is -0.153. The third-order valence-electron chi connectivity index (χ3n) is 3.95. The van der Waals surface area contributed by atoms with Crippen molar-refractivity contribution in [3.8, 4) is 17.1 Å². The number of ether oxygens (including phenoxy) is 2. The molecule has 1 N–H and O–H groups in total. The van der Waals surface area contributed by atoms with Crippen LogP contribution in [-0.2, 0) is 9.53 Å². The average Bonchev–Trinajstić information content (AvgIpc) is 2.66. The summed E-state index contributed by atoms with van der Waals surface area (Å²) in [6, 6.07) is 17.4. The Morgan fingerprint density at radius 3 is 2.64 bits per heavy atom. The summed E-state index contributed by atoms with van der Waals surface area (Å²) in [4.78, 5) is 16.3. The van der Waals surface area contributed by atoms with E-state index in [9.17, 15) is 9.90 Å². The van der Waals surface area contributed by atoms with Crippen LogP contribution in [0.15, 0.2) is 54.6 Å². The SMILES string of the molecule is CCOC(=O)C(O)c1ccc(-c2cccc3ccccc23)nc1OC. The summed E-state index contributed by atoms with van der Waals surface area (Å²) in [5.41, 5.74) is 1.94. The molecule has 0 saturated carbocycles. The van der Waals surface area contributed by atoms with E-state index in [2.05, 4.69) is 4.98 Å². The van der Waals surface area contributed by atoms with Crippen molar-refractivity contribution in [1.82, 2.24) is 4.98 Å². The molecule has 2 aromatic carbocycles. The zero-order chi connectivity index (χ0) is 17.8. The highest BCUT2D eigenvalue weighted by atomic mass is 16.5. The van der Waals surface area contributed by atoms with Crippen molar-refractivity contribution in [3.05, 3.63) is 60.2 Å². The maximum atomic E-state index is 11.8. The van der Waals surface area contributed by atoms with Crippen LogP contribution in [0.1, 0.15) is 18.6 Å². The minimum absolute atomic E-state index is 0.194. The van der Waals surface area contributed by atoms with E-state index in [1.807, 2.05) is 42.5 Å². The van der Waals surface area contributed by atoms with Crippen LogP contribution in [0.3, 0.4) is 0 Å². The molecule has 128 valence electrons. The molecule has 0 radical (unpaired) electrons. The first-order valence-electron chi connectivity index (χ1n) is 8.03. The lowest BCUT2D eigenvalue weighted by atomic mass is 10.0. The van der Waals surface area contributed by atoms with Crippen LogP contribution in [0.5, 0.6) is 5.88 Å². The van der Waals surface area contributed by atoms with Gasteiger partial charge in [0.15, 0.2) is 6.10 Å². The lowest BCUT2D eigenvalue weighted by Crippen LogP contribution is -2.16. The number of hydrogen-bond acceptors (Lipinski definition) is 5. The van der Waals surface area contributed by atoms with Crippen LogP contribution >= 0.6 is 0 Å². The number of esters is 1. The molecule has 0 spiro atoms. The number of nitrogens with zero attached hydrogens (tertiary/aromatic N) is 1. The van der Waals surface area contributed by atoms with Gasteiger partial charge in [0.25, 0.3) is 0 Å². The number of aromatic nitrogens is 1. The zero-order valence-electron chi connectivity index (χ0n) is 14.1. The summed E-state index contributed by atoms with van der Waals surface area (Å²) >= 11 is 0. The van der Waals surface area contributed by atoms with Gasteiger partial charge in [-0.15, -0.1) is 0 Å². The summed E-state index contributed by atoms with van der Waals surface area (Å²) in [6.07, 6.45) is -1.43. The molecule has 0 bridgehead atoms. The van der Waals surface area contributed by atoms with Gasteiger partial charge in [0.05, 0.1) is 25.0 Å². The highest BCUT2D eigenvalue weighted by Crippen LogP contribution is 2.31. The second kappa shape index (κ2) is 7.32. The molecule has 25 heavy (non-hydrogen) atoms. The Morgan fingerprint density at radius 2 is 1.88 bits per heavy atom. The van der Waals surface area contributed by atoms with Gasteiger partial charge >= 0.3 is 5.97 Å². The van der Waals surface area contributed by atoms with Crippen LogP contribution in [0.2, 0.25) is 0 Å². The van der Waals surface area contributed by atoms with Gasteiger partial charge in [0.1, 0.15) is 0 Å². The van der Waals surface area contributed by atoms with Gasteiger partial charge in [0.2, 0.25) is 5.88 Å². The Labute approximate surface area is 145 Å². The van der Waals surface area contributed by atoms with Gasteiger partial charge in [-0.25, -0.2) is 9.78 Å². The summed E-state index contributed by atoms with van der Waals surface area (Å²) in [5.74, 6) is -0.522. The Balaban J connectivity index is 2.06. The van der Waals surface area contributed by atoms with Gasteiger partial charge in [-0.2, -0.15) is 0 Å². The molecular weight excluding hydrogens is 318 g/mol. The first-order chi connectivity index (χ1) is 12.2. The molecule has 1 heterocycles. The number of hydrogen-bond donors (Lipinski definition) is 1. The summed E-state index contributed by atoms with van der Waals surface area (Å²) in [6.45, 7) is 1.88. The fraction of sp³-hybridized carbons (Fsp3) is 0.200. The minimum atomic E-state index is -1.43. The molecule has 0 aliphatic heterocycles. The van der Waals surface area contributed by atoms with Crippen LogP contribution in [0.4, 0.5) is 0 Å². The molecule has 5 heteroatoms. The third-order valence-corrected chi connectivity index (χ3v) is 3.95. The molecule has 3 aromatic rings. The number of benzene rings is 2. The molecule has 0 amide bonds. The zero-order valence-corrected chi connectivity index (χ0v) is 14.1. The van der Waals surface area contributed by atoms with Gasteiger partial charge in [-0.05, 0) is 29.8 Å². The minimum Gasteiger partial charge on any atom is -0.481 e. The summed E-state index contributed by atoms with van der Waals surface area (Å²) < 4.78 is 10.1. The molecular formula is C20H19NO4. The predicted molar refractivity (Wildman–Crippen MR) is 95.3 cm³/mol. The van der Waals surface area contributed by atoms with Crippen molar-refractivity contribution >= 4 is 16.7 Å². The normalized spacial score (nSPS) is 12.0. The van der Waals surface area contributed by atoms with Crippen molar-refractivity contribution in [1.29, 1.82) is 0 Å². The van der Waals surface area contributed by atoms with Crippen LogP contribution in [-0.4, -0.2) is 29.8 Å². The van der Waals surface area contributed by atoms with E-state index < -0.39 is 12.1 Å². The molecule has 0 aliphatic rings. The largest absolute Gasteiger partial charge is 0.481 e. The van der Waals surface area contributed by atoms with E-state index in [0.29, 0.717) is 5.69 Å². The van der Waals surface area contributed by atoms with E-state index in [0.717, 1.165) is 16.3 Å². The van der Waals surface area contributed by atoms with E-state index in [1.54, 1.807) is 19.1 Å². The first kappa shape index (κ1) is 16.9. The van der Waals surface area contributed by atoms with Gasteiger partial charge in [-0.1, -0.05) is 42.5 Å². The van der Waals surface area contributed by atoms with Crippen LogP contribution < -0.4 is 4.74 Å². The predicted octanol–water partition coefficient (Wildman–Crippen LogP) is 3.51. The van der Waals surface area contributed by atoms with Crippen LogP contribution in [0.25, 0.3) is 22.0 Å². The molecule has 1 unspecified atom stereocenters. The van der Waals surface area contributed by atoms with Crippen molar-refractivity contribution in [3.63, 3.8) is 0 Å². The second-order valence-corrected chi connectivity index (χ2v) is 5.48. The number of carbonyl (C=O) groups excluding carboxylic acids is 1. The highest BCUT2D eigenvalue weighted by Gasteiger charge is 2.24. The molecule has 0 saturated heterocycles. The van der Waals surface area contributed by atoms with E-state index in [1.165, 1.54) is 7.11 Å². The number of rotatable bonds is 5. The van der Waals surface area contributed by atoms with Crippen molar-refractivity contribution in [2.75, 3.05) is 13.7 Å². The fourth-order valence-electron chi connectivity index (χ4n) is 2.77. The van der Waals surface area contributed by atoms with E-state index >= 15 is 0 Å². The molecule has 1 aromatic heterocycles. The molecule has 1 atom stereocenters. The molecule has 0 aliphatic carbocycles. The monoisotopic (exact) mass is 337 g/mol. The fourth-order valence-corrected chi connectivity index (χ4v) is 2.77. The van der Waals surface area contributed by atoms with E-state index in [-0.39, 0.29) is 18.1 Å². The topological polar surface area (TPSA) is 68.7 Å². The van der Waals surface area contributed by atoms with E-state index in [4.69, 9.17) is 9.47 Å². The maximum absolute atomic E-state index is 11.8. The molecule has 5 nitrogen and oxygen atoms in total. The Hall–Kier alpha value is -2.92. The second-order valence-electron chi connectivity index (χ2n) is 5.48. The summed E-state index contributed by atoms with van der Waals surface area (Å²) in [5, 5.41) is 12.3. The lowest BCUT2D eigenvalue weighted by Gasteiger charge is -2.14. The number of fused-ring (bicyclic) bond motifs is 1. The highest BCUT2D eigenvalue weighted by molar-refractivity contribution is 5.95. The molecule has 0 fully saturated rings. The number of pyridine rings is 1. The smallest absolute Gasteiger partial charge is 0.339 e. The number of carbonyl (C=O) groups is 1. The van der Waals surface area contributed by atoms with Gasteiger partial charge in [-0.3, -0.25) is 0 Å².